The van der Waals surface area contributed by atoms with Crippen molar-refractivity contribution in [3.05, 3.63) is 28.8 Å². The Hall–Kier alpha value is -1.59. The first-order valence-electron chi connectivity index (χ1n) is 8.04. The summed E-state index contributed by atoms with van der Waals surface area (Å²) in [4.78, 5) is 14.3. The van der Waals surface area contributed by atoms with Crippen LogP contribution in [0.3, 0.4) is 0 Å². The fraction of sp³-hybridized carbons (Fsp3) is 0.611. The van der Waals surface area contributed by atoms with E-state index in [1.165, 1.54) is 0 Å². The maximum atomic E-state index is 12.4. The van der Waals surface area contributed by atoms with Crippen LogP contribution in [0.15, 0.2) is 12.1 Å². The Kier molecular flexibility index (Phi) is 7.52. The highest BCUT2D eigenvalue weighted by atomic mass is 16.5. The summed E-state index contributed by atoms with van der Waals surface area (Å²) in [7, 11) is 3.77. The average molecular weight is 323 g/mol. The fourth-order valence-corrected chi connectivity index (χ4v) is 2.44. The van der Waals surface area contributed by atoms with Crippen molar-refractivity contribution in [2.45, 2.75) is 39.7 Å². The van der Waals surface area contributed by atoms with Crippen LogP contribution in [0, 0.1) is 6.92 Å². The standard InChI is InChI=1S/C18H29NO4/c1-7-22-18(21)16-15(12(2)3)9-8-13(4)17(16)23-11-14(20)10-19(5)6/h8-9,12,14,20H,7,10-11H2,1-6H3. The largest absolute Gasteiger partial charge is 0.490 e. The topological polar surface area (TPSA) is 59.0 Å². The predicted molar refractivity (Wildman–Crippen MR) is 91.3 cm³/mol. The monoisotopic (exact) mass is 323 g/mol. The summed E-state index contributed by atoms with van der Waals surface area (Å²) in [5.74, 6) is 0.300. The second-order valence-electron chi connectivity index (χ2n) is 6.28. The number of aliphatic hydroxyl groups is 1. The zero-order valence-corrected chi connectivity index (χ0v) is 15.0. The fourth-order valence-electron chi connectivity index (χ4n) is 2.44. The molecule has 0 fully saturated rings. The molecule has 0 radical (unpaired) electrons. The SMILES string of the molecule is CCOC(=O)c1c(C(C)C)ccc(C)c1OCC(O)CN(C)C. The maximum absolute atomic E-state index is 12.4. The molecular weight excluding hydrogens is 294 g/mol. The quantitative estimate of drug-likeness (QED) is 0.745. The Balaban J connectivity index is 3.12. The van der Waals surface area contributed by atoms with Crippen molar-refractivity contribution >= 4 is 5.97 Å². The highest BCUT2D eigenvalue weighted by Crippen LogP contribution is 2.32. The van der Waals surface area contributed by atoms with Gasteiger partial charge in [0.15, 0.2) is 0 Å². The van der Waals surface area contributed by atoms with Crippen LogP contribution in [0.5, 0.6) is 5.75 Å². The molecule has 0 aromatic heterocycles. The van der Waals surface area contributed by atoms with Gasteiger partial charge in [0.1, 0.15) is 24.0 Å². The van der Waals surface area contributed by atoms with E-state index in [0.29, 0.717) is 24.5 Å². The lowest BCUT2D eigenvalue weighted by Crippen LogP contribution is -2.31. The zero-order valence-electron chi connectivity index (χ0n) is 15.0. The first kappa shape index (κ1) is 19.5. The number of likely N-dealkylation sites (N-methyl/N-ethyl adjacent to an activating group) is 1. The van der Waals surface area contributed by atoms with Gasteiger partial charge < -0.3 is 19.5 Å². The number of aliphatic hydroxyl groups excluding tert-OH is 1. The lowest BCUT2D eigenvalue weighted by atomic mass is 9.94. The molecule has 1 atom stereocenters. The second-order valence-corrected chi connectivity index (χ2v) is 6.28. The first-order valence-corrected chi connectivity index (χ1v) is 8.04. The van der Waals surface area contributed by atoms with E-state index in [9.17, 15) is 9.90 Å². The zero-order chi connectivity index (χ0) is 17.6. The molecule has 0 aliphatic carbocycles. The minimum atomic E-state index is -0.623. The molecule has 0 bridgehead atoms. The highest BCUT2D eigenvalue weighted by molar-refractivity contribution is 5.95. The van der Waals surface area contributed by atoms with Gasteiger partial charge in [-0.3, -0.25) is 0 Å². The van der Waals surface area contributed by atoms with Crippen molar-refractivity contribution < 1.29 is 19.4 Å². The molecule has 0 aliphatic heterocycles. The molecule has 1 aromatic rings. The summed E-state index contributed by atoms with van der Waals surface area (Å²) in [6.07, 6.45) is -0.623. The van der Waals surface area contributed by atoms with Crippen molar-refractivity contribution in [1.29, 1.82) is 0 Å². The van der Waals surface area contributed by atoms with Gasteiger partial charge in [0.05, 0.1) is 6.61 Å². The van der Waals surface area contributed by atoms with E-state index in [1.807, 2.05) is 51.9 Å². The van der Waals surface area contributed by atoms with Crippen LogP contribution in [0.4, 0.5) is 0 Å². The second kappa shape index (κ2) is 8.89. The van der Waals surface area contributed by atoms with E-state index in [2.05, 4.69) is 0 Å². The molecule has 130 valence electrons. The van der Waals surface area contributed by atoms with Gasteiger partial charge in [0.25, 0.3) is 0 Å². The molecule has 0 saturated carbocycles. The molecule has 1 rings (SSSR count). The van der Waals surface area contributed by atoms with E-state index in [0.717, 1.165) is 11.1 Å². The van der Waals surface area contributed by atoms with Gasteiger partial charge in [-0.25, -0.2) is 4.79 Å². The average Bonchev–Trinajstić information content (AvgIpc) is 2.44. The molecular formula is C18H29NO4. The molecule has 1 N–H and O–H groups in total. The molecule has 0 saturated heterocycles. The van der Waals surface area contributed by atoms with Crippen LogP contribution in [0.2, 0.25) is 0 Å². The van der Waals surface area contributed by atoms with Gasteiger partial charge in [0, 0.05) is 6.54 Å². The third-order valence-electron chi connectivity index (χ3n) is 3.48. The first-order chi connectivity index (χ1) is 10.8. The molecule has 0 heterocycles. The molecule has 23 heavy (non-hydrogen) atoms. The number of benzene rings is 1. The van der Waals surface area contributed by atoms with Crippen LogP contribution in [0.1, 0.15) is 48.2 Å². The van der Waals surface area contributed by atoms with Crippen LogP contribution >= 0.6 is 0 Å². The van der Waals surface area contributed by atoms with Crippen LogP contribution in [-0.2, 0) is 4.74 Å². The molecule has 1 unspecified atom stereocenters. The Morgan fingerprint density at radius 1 is 1.30 bits per heavy atom. The smallest absolute Gasteiger partial charge is 0.342 e. The molecule has 5 nitrogen and oxygen atoms in total. The van der Waals surface area contributed by atoms with E-state index < -0.39 is 6.10 Å². The summed E-state index contributed by atoms with van der Waals surface area (Å²) in [5.41, 5.74) is 2.22. The predicted octanol–water partition coefficient (Wildman–Crippen LogP) is 2.60. The van der Waals surface area contributed by atoms with Crippen molar-refractivity contribution in [1.82, 2.24) is 4.90 Å². The molecule has 5 heteroatoms. The number of hydrogen-bond donors (Lipinski definition) is 1. The number of esters is 1. The number of hydrogen-bond acceptors (Lipinski definition) is 5. The van der Waals surface area contributed by atoms with E-state index in [4.69, 9.17) is 9.47 Å². The summed E-state index contributed by atoms with van der Waals surface area (Å²) in [6, 6.07) is 3.88. The van der Waals surface area contributed by atoms with Crippen molar-refractivity contribution in [2.75, 3.05) is 33.9 Å². The third-order valence-corrected chi connectivity index (χ3v) is 3.48. The van der Waals surface area contributed by atoms with Gasteiger partial charge in [-0.05, 0) is 45.0 Å². The van der Waals surface area contributed by atoms with Gasteiger partial charge in [-0.2, -0.15) is 0 Å². The van der Waals surface area contributed by atoms with Crippen LogP contribution < -0.4 is 4.74 Å². The number of aryl methyl sites for hydroxylation is 1. The summed E-state index contributed by atoms with van der Waals surface area (Å²) >= 11 is 0. The summed E-state index contributed by atoms with van der Waals surface area (Å²) in [5, 5.41) is 10.0. The van der Waals surface area contributed by atoms with Gasteiger partial charge >= 0.3 is 5.97 Å². The van der Waals surface area contributed by atoms with Gasteiger partial charge in [0.2, 0.25) is 0 Å². The normalized spacial score (nSPS) is 12.6. The van der Waals surface area contributed by atoms with Crippen LogP contribution in [-0.4, -0.2) is 55.9 Å². The van der Waals surface area contributed by atoms with Crippen molar-refractivity contribution in [2.24, 2.45) is 0 Å². The number of rotatable bonds is 8. The van der Waals surface area contributed by atoms with E-state index in [1.54, 1.807) is 6.92 Å². The molecule has 0 aliphatic rings. The minimum Gasteiger partial charge on any atom is -0.490 e. The highest BCUT2D eigenvalue weighted by Gasteiger charge is 2.23. The Bertz CT molecular complexity index is 526. The number of carbonyl (C=O) groups is 1. The van der Waals surface area contributed by atoms with E-state index >= 15 is 0 Å². The number of ether oxygens (including phenoxy) is 2. The lowest BCUT2D eigenvalue weighted by molar-refractivity contribution is 0.0508. The maximum Gasteiger partial charge on any atom is 0.342 e. The third kappa shape index (κ3) is 5.52. The minimum absolute atomic E-state index is 0.132. The molecule has 0 spiro atoms. The lowest BCUT2D eigenvalue weighted by Gasteiger charge is -2.21. The van der Waals surface area contributed by atoms with E-state index in [-0.39, 0.29) is 18.5 Å². The van der Waals surface area contributed by atoms with Crippen LogP contribution in [0.25, 0.3) is 0 Å². The molecule has 0 amide bonds. The number of nitrogens with zero attached hydrogens (tertiary/aromatic N) is 1. The number of carbonyl (C=O) groups excluding carboxylic acids is 1. The molecule has 1 aromatic carbocycles. The Labute approximate surface area is 139 Å². The van der Waals surface area contributed by atoms with Gasteiger partial charge in [-0.15, -0.1) is 0 Å². The Morgan fingerprint density at radius 3 is 2.48 bits per heavy atom. The summed E-state index contributed by atoms with van der Waals surface area (Å²) < 4.78 is 11.0. The van der Waals surface area contributed by atoms with Gasteiger partial charge in [-0.1, -0.05) is 26.0 Å². The summed E-state index contributed by atoms with van der Waals surface area (Å²) in [6.45, 7) is 8.67. The Morgan fingerprint density at radius 2 is 1.96 bits per heavy atom. The van der Waals surface area contributed by atoms with Crippen molar-refractivity contribution in [3.8, 4) is 5.75 Å². The van der Waals surface area contributed by atoms with Crippen molar-refractivity contribution in [3.63, 3.8) is 0 Å².